The Labute approximate surface area is 316 Å². The number of rotatable bonds is 6. The number of anilines is 3. The van der Waals surface area contributed by atoms with Crippen molar-refractivity contribution in [2.75, 3.05) is 4.90 Å². The van der Waals surface area contributed by atoms with E-state index in [2.05, 4.69) is 138 Å². The summed E-state index contributed by atoms with van der Waals surface area (Å²) in [5.74, 6) is 0.674. The summed E-state index contributed by atoms with van der Waals surface area (Å²) < 4.78 is 13.5. The van der Waals surface area contributed by atoms with Crippen molar-refractivity contribution in [1.29, 1.82) is 0 Å². The van der Waals surface area contributed by atoms with E-state index in [1.54, 1.807) is 0 Å². The summed E-state index contributed by atoms with van der Waals surface area (Å²) in [6.07, 6.45) is 0. The van der Waals surface area contributed by atoms with E-state index in [-0.39, 0.29) is 0 Å². The Bertz CT molecular complexity index is 3150. The quantitative estimate of drug-likeness (QED) is 0.172. The number of benzene rings is 8. The Morgan fingerprint density at radius 1 is 0.382 bits per heavy atom. The zero-order valence-corrected chi connectivity index (χ0v) is 29.6. The first-order chi connectivity index (χ1) is 27.3. The van der Waals surface area contributed by atoms with Crippen molar-refractivity contribution in [3.8, 4) is 33.9 Å². The molecule has 5 nitrogen and oxygen atoms in total. The number of furan rings is 2. The first-order valence-corrected chi connectivity index (χ1v) is 18.4. The van der Waals surface area contributed by atoms with Gasteiger partial charge in [0.25, 0.3) is 0 Å². The van der Waals surface area contributed by atoms with Crippen LogP contribution in [0.1, 0.15) is 0 Å². The highest BCUT2D eigenvalue weighted by atomic mass is 16.3. The van der Waals surface area contributed by atoms with Crippen LogP contribution in [-0.2, 0) is 0 Å². The summed E-state index contributed by atoms with van der Waals surface area (Å²) in [6, 6.07) is 64.7. The van der Waals surface area contributed by atoms with Crippen LogP contribution >= 0.6 is 0 Å². The summed E-state index contributed by atoms with van der Waals surface area (Å²) in [6.45, 7) is 0. The molecule has 3 aromatic heterocycles. The van der Waals surface area contributed by atoms with Crippen molar-refractivity contribution < 1.29 is 8.83 Å². The first-order valence-electron chi connectivity index (χ1n) is 18.4. The van der Waals surface area contributed by atoms with Gasteiger partial charge in [-0.15, -0.1) is 0 Å². The molecule has 0 saturated carbocycles. The maximum Gasteiger partial charge on any atom is 0.160 e. The van der Waals surface area contributed by atoms with Gasteiger partial charge in [0.1, 0.15) is 16.7 Å². The lowest BCUT2D eigenvalue weighted by molar-refractivity contribution is 0.669. The maximum absolute atomic E-state index is 6.86. The van der Waals surface area contributed by atoms with E-state index < -0.39 is 0 Å². The minimum atomic E-state index is 0.674. The average Bonchev–Trinajstić information content (AvgIpc) is 3.84. The molecule has 11 rings (SSSR count). The average molecular weight is 706 g/mol. The van der Waals surface area contributed by atoms with Crippen LogP contribution in [0.4, 0.5) is 17.1 Å². The van der Waals surface area contributed by atoms with Gasteiger partial charge in [-0.3, -0.25) is 0 Å². The molecule has 0 aliphatic rings. The van der Waals surface area contributed by atoms with Gasteiger partial charge in [-0.25, -0.2) is 9.97 Å². The molecule has 0 fully saturated rings. The topological polar surface area (TPSA) is 55.3 Å². The Morgan fingerprint density at radius 3 is 1.75 bits per heavy atom. The second-order valence-electron chi connectivity index (χ2n) is 13.7. The van der Waals surface area contributed by atoms with E-state index in [0.29, 0.717) is 5.82 Å². The van der Waals surface area contributed by atoms with E-state index >= 15 is 0 Å². The van der Waals surface area contributed by atoms with Gasteiger partial charge in [-0.1, -0.05) is 140 Å². The Kier molecular flexibility index (Phi) is 7.10. The molecule has 8 aromatic carbocycles. The second kappa shape index (κ2) is 12.6. The van der Waals surface area contributed by atoms with Gasteiger partial charge in [0.2, 0.25) is 0 Å². The molecule has 258 valence electrons. The van der Waals surface area contributed by atoms with E-state index in [9.17, 15) is 0 Å². The van der Waals surface area contributed by atoms with Crippen LogP contribution in [0.2, 0.25) is 0 Å². The molecule has 0 saturated heterocycles. The molecular formula is C50H31N3O2. The molecule has 0 aliphatic carbocycles. The molecule has 0 spiro atoms. The smallest absolute Gasteiger partial charge is 0.160 e. The van der Waals surface area contributed by atoms with Gasteiger partial charge < -0.3 is 13.7 Å². The monoisotopic (exact) mass is 705 g/mol. The van der Waals surface area contributed by atoms with Crippen LogP contribution in [-0.4, -0.2) is 9.97 Å². The fourth-order valence-electron chi connectivity index (χ4n) is 7.98. The molecule has 55 heavy (non-hydrogen) atoms. The molecule has 5 heteroatoms. The molecule has 0 N–H and O–H groups in total. The lowest BCUT2D eigenvalue weighted by atomic mass is 9.96. The molecule has 0 aliphatic heterocycles. The lowest BCUT2D eigenvalue weighted by Gasteiger charge is -2.26. The number of aromatic nitrogens is 2. The summed E-state index contributed by atoms with van der Waals surface area (Å²) in [5, 5.41) is 6.23. The number of hydrogen-bond donors (Lipinski definition) is 0. The third-order valence-electron chi connectivity index (χ3n) is 10.5. The van der Waals surface area contributed by atoms with Crippen molar-refractivity contribution in [1.82, 2.24) is 9.97 Å². The predicted octanol–water partition coefficient (Wildman–Crippen LogP) is 13.9. The third kappa shape index (κ3) is 5.09. The third-order valence-corrected chi connectivity index (χ3v) is 10.5. The largest absolute Gasteiger partial charge is 0.455 e. The van der Waals surface area contributed by atoms with Crippen LogP contribution in [0.5, 0.6) is 0 Å². The summed E-state index contributed by atoms with van der Waals surface area (Å²) in [7, 11) is 0. The van der Waals surface area contributed by atoms with Crippen molar-refractivity contribution in [2.45, 2.75) is 0 Å². The standard InChI is InChI=1S/C50H31N3O2/c1-4-16-32(17-5-1)41-31-42(52-50(51-41)33-18-6-2-7-19-33)39-30-40-47-43(26-15-29-46(47)55-48(40)37-24-11-10-22-35(37)39)53(34-20-8-3-9-21-34)44-27-14-25-38-36-23-12-13-28-45(36)54-49(38)44/h1-31H. The predicted molar refractivity (Wildman–Crippen MR) is 225 cm³/mol. The van der Waals surface area contributed by atoms with Gasteiger partial charge in [-0.05, 0) is 53.9 Å². The highest BCUT2D eigenvalue weighted by Crippen LogP contribution is 2.48. The zero-order valence-electron chi connectivity index (χ0n) is 29.6. The SMILES string of the molecule is c1ccc(-c2cc(-c3cc4c(oc5cccc(N(c6ccccc6)c6cccc7c6oc6ccccc67)c54)c4ccccc34)nc(-c3ccccc3)n2)cc1. The van der Waals surface area contributed by atoms with Crippen molar-refractivity contribution in [2.24, 2.45) is 0 Å². The maximum atomic E-state index is 6.86. The van der Waals surface area contributed by atoms with Crippen molar-refractivity contribution in [3.63, 3.8) is 0 Å². The Morgan fingerprint density at radius 2 is 0.945 bits per heavy atom. The lowest BCUT2D eigenvalue weighted by Crippen LogP contribution is -2.10. The molecule has 0 bridgehead atoms. The fourth-order valence-corrected chi connectivity index (χ4v) is 7.98. The van der Waals surface area contributed by atoms with Crippen molar-refractivity contribution >= 4 is 71.7 Å². The minimum absolute atomic E-state index is 0.674. The summed E-state index contributed by atoms with van der Waals surface area (Å²) in [5.41, 5.74) is 10.9. The van der Waals surface area contributed by atoms with E-state index in [4.69, 9.17) is 18.8 Å². The van der Waals surface area contributed by atoms with Crippen LogP contribution in [0, 0.1) is 0 Å². The number of fused-ring (bicyclic) bond motifs is 8. The highest BCUT2D eigenvalue weighted by Gasteiger charge is 2.25. The molecule has 3 heterocycles. The van der Waals surface area contributed by atoms with Gasteiger partial charge in [-0.2, -0.15) is 0 Å². The second-order valence-corrected chi connectivity index (χ2v) is 13.7. The fraction of sp³-hybridized carbons (Fsp3) is 0. The normalized spacial score (nSPS) is 11.6. The molecule has 0 atom stereocenters. The number of hydrogen-bond acceptors (Lipinski definition) is 5. The van der Waals surface area contributed by atoms with E-state index in [0.717, 1.165) is 99.8 Å². The Hall–Kier alpha value is -7.50. The van der Waals surface area contributed by atoms with Crippen LogP contribution in [0.15, 0.2) is 197 Å². The molecule has 0 unspecified atom stereocenters. The van der Waals surface area contributed by atoms with Gasteiger partial charge >= 0.3 is 0 Å². The van der Waals surface area contributed by atoms with Gasteiger partial charge in [0.05, 0.1) is 28.1 Å². The molecule has 0 amide bonds. The van der Waals surface area contributed by atoms with Gasteiger partial charge in [0.15, 0.2) is 11.4 Å². The minimum Gasteiger partial charge on any atom is -0.455 e. The van der Waals surface area contributed by atoms with Crippen molar-refractivity contribution in [3.05, 3.63) is 188 Å². The number of nitrogens with zero attached hydrogens (tertiary/aromatic N) is 3. The van der Waals surface area contributed by atoms with Crippen LogP contribution in [0.25, 0.3) is 88.6 Å². The Balaban J connectivity index is 1.21. The van der Waals surface area contributed by atoms with Crippen LogP contribution < -0.4 is 4.90 Å². The molecule has 11 aromatic rings. The van der Waals surface area contributed by atoms with E-state index in [1.165, 1.54) is 0 Å². The molecular weight excluding hydrogens is 675 g/mol. The summed E-state index contributed by atoms with van der Waals surface area (Å²) in [4.78, 5) is 12.6. The zero-order chi connectivity index (χ0) is 36.3. The first kappa shape index (κ1) is 31.1. The molecule has 0 radical (unpaired) electrons. The van der Waals surface area contributed by atoms with Gasteiger partial charge in [0, 0.05) is 43.9 Å². The van der Waals surface area contributed by atoms with Crippen LogP contribution in [0.3, 0.4) is 0 Å². The summed E-state index contributed by atoms with van der Waals surface area (Å²) >= 11 is 0. The highest BCUT2D eigenvalue weighted by molar-refractivity contribution is 6.23. The van der Waals surface area contributed by atoms with E-state index in [1.807, 2.05) is 54.6 Å². The number of para-hydroxylation sites is 3.